The van der Waals surface area contributed by atoms with Crippen molar-refractivity contribution >= 4 is 0 Å². The quantitative estimate of drug-likeness (QED) is 0.653. The molecule has 0 fully saturated rings. The highest BCUT2D eigenvalue weighted by molar-refractivity contribution is 5.14. The molecule has 0 radical (unpaired) electrons. The Hall–Kier alpha value is -2.05. The molecule has 0 aliphatic heterocycles. The molecular formula is C9H13N5O2. The third-order valence-corrected chi connectivity index (χ3v) is 2.53. The fraction of sp³-hybridized carbons (Fsp3) is 0.444. The van der Waals surface area contributed by atoms with Gasteiger partial charge in [-0.15, -0.1) is 0 Å². The van der Waals surface area contributed by atoms with Gasteiger partial charge in [-0.05, 0) is 25.3 Å². The van der Waals surface area contributed by atoms with E-state index in [9.17, 15) is 9.59 Å². The molecular weight excluding hydrogens is 210 g/mol. The Labute approximate surface area is 90.5 Å². The maximum atomic E-state index is 11.2. The first kappa shape index (κ1) is 10.5. The van der Waals surface area contributed by atoms with Crippen LogP contribution in [0.5, 0.6) is 0 Å². The Morgan fingerprint density at radius 2 is 2.00 bits per heavy atom. The molecule has 2 heterocycles. The van der Waals surface area contributed by atoms with Gasteiger partial charge in [0.05, 0.1) is 6.20 Å². The molecule has 0 bridgehead atoms. The molecule has 0 unspecified atom stereocenters. The Balaban J connectivity index is 1.97. The normalized spacial score (nSPS) is 10.8. The van der Waals surface area contributed by atoms with Gasteiger partial charge in [0, 0.05) is 12.2 Å². The summed E-state index contributed by atoms with van der Waals surface area (Å²) in [6.45, 7) is 2.35. The maximum Gasteiger partial charge on any atom is 0.344 e. The molecule has 0 saturated carbocycles. The number of hydrogen-bond donors (Lipinski definition) is 3. The molecule has 2 rings (SSSR count). The first-order chi connectivity index (χ1) is 7.68. The highest BCUT2D eigenvalue weighted by atomic mass is 16.2. The molecule has 3 N–H and O–H groups in total. The van der Waals surface area contributed by atoms with Crippen LogP contribution in [0, 0.1) is 6.92 Å². The van der Waals surface area contributed by atoms with Gasteiger partial charge in [-0.2, -0.15) is 5.10 Å². The fourth-order valence-electron chi connectivity index (χ4n) is 1.59. The van der Waals surface area contributed by atoms with Crippen LogP contribution in [-0.2, 0) is 13.0 Å². The summed E-state index contributed by atoms with van der Waals surface area (Å²) < 4.78 is 1.15. The van der Waals surface area contributed by atoms with Crippen LogP contribution < -0.4 is 11.4 Å². The molecule has 0 amide bonds. The number of nitrogens with zero attached hydrogens (tertiary/aromatic N) is 2. The second-order valence-electron chi connectivity index (χ2n) is 3.64. The van der Waals surface area contributed by atoms with E-state index in [4.69, 9.17) is 0 Å². The molecule has 7 heteroatoms. The molecule has 0 spiro atoms. The van der Waals surface area contributed by atoms with Crippen molar-refractivity contribution in [3.63, 3.8) is 0 Å². The smallest absolute Gasteiger partial charge is 0.283 e. The van der Waals surface area contributed by atoms with E-state index in [0.717, 1.165) is 28.7 Å². The largest absolute Gasteiger partial charge is 0.344 e. The molecule has 0 aliphatic carbocycles. The van der Waals surface area contributed by atoms with E-state index in [2.05, 4.69) is 20.4 Å². The summed E-state index contributed by atoms with van der Waals surface area (Å²) in [6.07, 6.45) is 3.28. The maximum absolute atomic E-state index is 11.2. The summed E-state index contributed by atoms with van der Waals surface area (Å²) in [7, 11) is 0. The van der Waals surface area contributed by atoms with Crippen LogP contribution in [0.4, 0.5) is 0 Å². The molecule has 0 aromatic carbocycles. The zero-order chi connectivity index (χ0) is 11.5. The van der Waals surface area contributed by atoms with E-state index in [1.807, 2.05) is 6.92 Å². The van der Waals surface area contributed by atoms with Gasteiger partial charge in [-0.25, -0.2) is 24.4 Å². The second kappa shape index (κ2) is 4.21. The Morgan fingerprint density at radius 3 is 2.56 bits per heavy atom. The SMILES string of the molecule is Cc1[nH]ncc1CCCn1c(=O)[nH][nH]c1=O. The summed E-state index contributed by atoms with van der Waals surface area (Å²) in [5.74, 6) is 0. The average Bonchev–Trinajstić information content (AvgIpc) is 2.79. The number of H-pyrrole nitrogens is 3. The van der Waals surface area contributed by atoms with Gasteiger partial charge in [0.15, 0.2) is 0 Å². The van der Waals surface area contributed by atoms with Gasteiger partial charge in [0.1, 0.15) is 0 Å². The number of nitrogens with one attached hydrogen (secondary N) is 3. The number of aromatic nitrogens is 5. The van der Waals surface area contributed by atoms with Crippen LogP contribution in [0.1, 0.15) is 17.7 Å². The summed E-state index contributed by atoms with van der Waals surface area (Å²) in [5.41, 5.74) is 1.35. The van der Waals surface area contributed by atoms with Crippen LogP contribution in [-0.4, -0.2) is 25.0 Å². The van der Waals surface area contributed by atoms with Gasteiger partial charge in [0.2, 0.25) is 0 Å². The van der Waals surface area contributed by atoms with E-state index in [1.54, 1.807) is 6.20 Å². The minimum Gasteiger partial charge on any atom is -0.283 e. The summed E-state index contributed by atoms with van der Waals surface area (Å²) >= 11 is 0. The average molecular weight is 223 g/mol. The first-order valence-electron chi connectivity index (χ1n) is 5.05. The van der Waals surface area contributed by atoms with Gasteiger partial charge < -0.3 is 0 Å². The lowest BCUT2D eigenvalue weighted by atomic mass is 10.1. The minimum absolute atomic E-state index is 0.395. The van der Waals surface area contributed by atoms with Crippen LogP contribution in [0.3, 0.4) is 0 Å². The zero-order valence-corrected chi connectivity index (χ0v) is 8.91. The summed E-state index contributed by atoms with van der Waals surface area (Å²) in [5, 5.41) is 11.2. The molecule has 2 aromatic heterocycles. The minimum atomic E-state index is -0.395. The molecule has 0 atom stereocenters. The highest BCUT2D eigenvalue weighted by Gasteiger charge is 2.04. The van der Waals surface area contributed by atoms with E-state index >= 15 is 0 Å². The molecule has 86 valence electrons. The van der Waals surface area contributed by atoms with Crippen LogP contribution in [0.25, 0.3) is 0 Å². The van der Waals surface area contributed by atoms with Gasteiger partial charge in [-0.3, -0.25) is 5.10 Å². The van der Waals surface area contributed by atoms with Crippen LogP contribution in [0.2, 0.25) is 0 Å². The van der Waals surface area contributed by atoms with Gasteiger partial charge in [-0.1, -0.05) is 0 Å². The number of rotatable bonds is 4. The van der Waals surface area contributed by atoms with Crippen molar-refractivity contribution in [2.24, 2.45) is 0 Å². The topological polar surface area (TPSA) is 99.3 Å². The lowest BCUT2D eigenvalue weighted by Gasteiger charge is -1.99. The van der Waals surface area contributed by atoms with Crippen molar-refractivity contribution in [3.05, 3.63) is 38.4 Å². The zero-order valence-electron chi connectivity index (χ0n) is 8.91. The van der Waals surface area contributed by atoms with Crippen LogP contribution in [0.15, 0.2) is 15.8 Å². The molecule has 16 heavy (non-hydrogen) atoms. The summed E-state index contributed by atoms with van der Waals surface area (Å²) in [6, 6.07) is 0. The number of aryl methyl sites for hydroxylation is 2. The van der Waals surface area contributed by atoms with Crippen molar-refractivity contribution in [2.75, 3.05) is 0 Å². The van der Waals surface area contributed by atoms with Crippen molar-refractivity contribution in [1.82, 2.24) is 25.0 Å². The van der Waals surface area contributed by atoms with E-state index in [1.165, 1.54) is 0 Å². The predicted molar refractivity (Wildman–Crippen MR) is 57.3 cm³/mol. The number of aromatic amines is 3. The third-order valence-electron chi connectivity index (χ3n) is 2.53. The van der Waals surface area contributed by atoms with Crippen LogP contribution >= 0.6 is 0 Å². The van der Waals surface area contributed by atoms with Crippen molar-refractivity contribution in [1.29, 1.82) is 0 Å². The predicted octanol–water partition coefficient (Wildman–Crippen LogP) is -0.471. The Bertz CT molecular complexity index is 545. The first-order valence-corrected chi connectivity index (χ1v) is 5.05. The standard InChI is InChI=1S/C9H13N5O2/c1-6-7(5-10-11-6)3-2-4-14-8(15)12-13-9(14)16/h5H,2-4H2,1H3,(H,10,11)(H,12,15)(H,13,16). The molecule has 7 nitrogen and oxygen atoms in total. The van der Waals surface area contributed by atoms with Crippen molar-refractivity contribution in [2.45, 2.75) is 26.3 Å². The molecule has 0 saturated heterocycles. The van der Waals surface area contributed by atoms with Crippen molar-refractivity contribution in [3.8, 4) is 0 Å². The summed E-state index contributed by atoms with van der Waals surface area (Å²) in [4.78, 5) is 22.3. The lowest BCUT2D eigenvalue weighted by molar-refractivity contribution is 0.606. The Kier molecular flexibility index (Phi) is 2.76. The Morgan fingerprint density at radius 1 is 1.31 bits per heavy atom. The highest BCUT2D eigenvalue weighted by Crippen LogP contribution is 2.05. The molecule has 0 aliphatic rings. The van der Waals surface area contributed by atoms with Gasteiger partial charge in [0.25, 0.3) is 0 Å². The lowest BCUT2D eigenvalue weighted by Crippen LogP contribution is -2.26. The monoisotopic (exact) mass is 223 g/mol. The van der Waals surface area contributed by atoms with E-state index in [0.29, 0.717) is 6.54 Å². The van der Waals surface area contributed by atoms with E-state index < -0.39 is 11.4 Å². The van der Waals surface area contributed by atoms with Gasteiger partial charge >= 0.3 is 11.4 Å². The van der Waals surface area contributed by atoms with E-state index in [-0.39, 0.29) is 0 Å². The molecule has 2 aromatic rings. The third kappa shape index (κ3) is 1.97. The number of hydrogen-bond acceptors (Lipinski definition) is 3. The second-order valence-corrected chi connectivity index (χ2v) is 3.64. The fourth-order valence-corrected chi connectivity index (χ4v) is 1.59. The van der Waals surface area contributed by atoms with Crippen molar-refractivity contribution < 1.29 is 0 Å².